The normalized spacial score (nSPS) is 23.1. The third kappa shape index (κ3) is 4.72. The molecule has 4 aliphatic heterocycles. The Morgan fingerprint density at radius 1 is 1.00 bits per heavy atom. The van der Waals surface area contributed by atoms with E-state index in [-0.39, 0.29) is 30.7 Å². The summed E-state index contributed by atoms with van der Waals surface area (Å²) >= 11 is 0. The Morgan fingerprint density at radius 3 is 2.49 bits per heavy atom. The highest BCUT2D eigenvalue weighted by Crippen LogP contribution is 2.38. The molecule has 3 fully saturated rings. The van der Waals surface area contributed by atoms with Gasteiger partial charge in [0.2, 0.25) is 11.8 Å². The van der Waals surface area contributed by atoms with Gasteiger partial charge in [0, 0.05) is 44.4 Å². The first-order chi connectivity index (χ1) is 18.0. The summed E-state index contributed by atoms with van der Waals surface area (Å²) in [7, 11) is 0. The monoisotopic (exact) mass is 505 g/mol. The van der Waals surface area contributed by atoms with Crippen LogP contribution in [0.15, 0.2) is 30.5 Å². The number of imide groups is 1. The molecule has 0 aliphatic carbocycles. The third-order valence-corrected chi connectivity index (χ3v) is 8.33. The summed E-state index contributed by atoms with van der Waals surface area (Å²) in [6, 6.07) is 6.46. The average Bonchev–Trinajstić information content (AvgIpc) is 3.54. The van der Waals surface area contributed by atoms with Crippen LogP contribution in [0.1, 0.15) is 71.5 Å². The van der Waals surface area contributed by atoms with Crippen LogP contribution in [0.4, 0.5) is 10.2 Å². The smallest absolute Gasteiger partial charge is 0.255 e. The number of nitrogens with one attached hydrogen (secondary N) is 1. The van der Waals surface area contributed by atoms with Gasteiger partial charge in [0.05, 0.1) is 0 Å². The van der Waals surface area contributed by atoms with Crippen molar-refractivity contribution in [1.82, 2.24) is 20.1 Å². The van der Waals surface area contributed by atoms with Crippen LogP contribution in [-0.2, 0) is 22.7 Å². The molecule has 4 aliphatic rings. The number of likely N-dealkylation sites (tertiary alicyclic amines) is 1. The van der Waals surface area contributed by atoms with Crippen LogP contribution in [0, 0.1) is 5.82 Å². The van der Waals surface area contributed by atoms with E-state index in [9.17, 15) is 18.8 Å². The zero-order chi connectivity index (χ0) is 25.5. The van der Waals surface area contributed by atoms with E-state index in [0.717, 1.165) is 62.5 Å². The summed E-state index contributed by atoms with van der Waals surface area (Å²) in [6.07, 6.45) is 6.70. The molecule has 0 radical (unpaired) electrons. The van der Waals surface area contributed by atoms with Crippen LogP contribution in [0.5, 0.6) is 0 Å². The molecule has 8 nitrogen and oxygen atoms in total. The first kappa shape index (κ1) is 24.0. The van der Waals surface area contributed by atoms with Crippen molar-refractivity contribution in [2.24, 2.45) is 0 Å². The quantitative estimate of drug-likeness (QED) is 0.629. The molecular formula is C28H32FN5O3. The Morgan fingerprint density at radius 2 is 1.78 bits per heavy atom. The summed E-state index contributed by atoms with van der Waals surface area (Å²) in [5.74, 6) is -0.295. The summed E-state index contributed by atoms with van der Waals surface area (Å²) in [6.45, 7) is 5.05. The van der Waals surface area contributed by atoms with Crippen molar-refractivity contribution in [3.63, 3.8) is 0 Å². The number of piperidine rings is 2. The van der Waals surface area contributed by atoms with Gasteiger partial charge in [-0.1, -0.05) is 6.07 Å². The van der Waals surface area contributed by atoms with Gasteiger partial charge in [-0.05, 0) is 86.0 Å². The Hall–Kier alpha value is -3.33. The van der Waals surface area contributed by atoms with Gasteiger partial charge in [0.1, 0.15) is 17.7 Å². The Bertz CT molecular complexity index is 1220. The predicted molar refractivity (Wildman–Crippen MR) is 135 cm³/mol. The van der Waals surface area contributed by atoms with E-state index in [1.165, 1.54) is 29.4 Å². The molecule has 2 aromatic rings. The highest BCUT2D eigenvalue weighted by molar-refractivity contribution is 6.05. The number of nitrogens with zero attached hydrogens (tertiary/aromatic N) is 4. The van der Waals surface area contributed by atoms with Gasteiger partial charge in [-0.15, -0.1) is 0 Å². The first-order valence-electron chi connectivity index (χ1n) is 13.4. The van der Waals surface area contributed by atoms with E-state index >= 15 is 0 Å². The second-order valence-electron chi connectivity index (χ2n) is 10.7. The van der Waals surface area contributed by atoms with Crippen molar-refractivity contribution in [1.29, 1.82) is 0 Å². The van der Waals surface area contributed by atoms with E-state index in [0.29, 0.717) is 12.0 Å². The minimum absolute atomic E-state index is 0.158. The van der Waals surface area contributed by atoms with Gasteiger partial charge in [-0.25, -0.2) is 9.37 Å². The SMILES string of the molecule is O=C1CCC(N2Cc3c(cc(F)cc3C3CCN(Cc4ccc(N5CCCC5)nc4)CC3)C2=O)C(=O)N1. The number of anilines is 1. The van der Waals surface area contributed by atoms with Crippen molar-refractivity contribution in [3.05, 3.63) is 58.5 Å². The molecule has 194 valence electrons. The molecular weight excluding hydrogens is 473 g/mol. The first-order valence-corrected chi connectivity index (χ1v) is 13.4. The molecule has 1 aromatic heterocycles. The van der Waals surface area contributed by atoms with Crippen LogP contribution in [0.2, 0.25) is 0 Å². The van der Waals surface area contributed by atoms with E-state index in [2.05, 4.69) is 32.2 Å². The molecule has 1 aromatic carbocycles. The number of aromatic nitrogens is 1. The van der Waals surface area contributed by atoms with Gasteiger partial charge < -0.3 is 9.80 Å². The third-order valence-electron chi connectivity index (χ3n) is 8.33. The largest absolute Gasteiger partial charge is 0.357 e. The number of hydrogen-bond donors (Lipinski definition) is 1. The molecule has 9 heteroatoms. The zero-order valence-electron chi connectivity index (χ0n) is 20.9. The molecule has 6 rings (SSSR count). The fourth-order valence-corrected chi connectivity index (χ4v) is 6.32. The zero-order valence-corrected chi connectivity index (χ0v) is 20.9. The molecule has 37 heavy (non-hydrogen) atoms. The van der Waals surface area contributed by atoms with Crippen LogP contribution in [-0.4, -0.2) is 64.7 Å². The van der Waals surface area contributed by atoms with Crippen LogP contribution in [0.3, 0.4) is 0 Å². The molecule has 0 saturated carbocycles. The second kappa shape index (κ2) is 9.85. The number of hydrogen-bond acceptors (Lipinski definition) is 6. The standard InChI is InChI=1S/C28H32FN5O3/c29-20-13-21(23-17-34(28(37)22(23)14-20)24-4-6-26(35)31-27(24)36)19-7-11-32(12-8-19)16-18-3-5-25(30-15-18)33-9-1-2-10-33/h3,5,13-15,19,24H,1-2,4,6-12,16-17H2,(H,31,35,36). The Labute approximate surface area is 215 Å². The maximum absolute atomic E-state index is 14.6. The highest BCUT2D eigenvalue weighted by atomic mass is 19.1. The topological polar surface area (TPSA) is 85.9 Å². The van der Waals surface area contributed by atoms with Gasteiger partial charge in [-0.3, -0.25) is 24.6 Å². The van der Waals surface area contributed by atoms with Gasteiger partial charge >= 0.3 is 0 Å². The van der Waals surface area contributed by atoms with Crippen molar-refractivity contribution in [2.45, 2.75) is 63.6 Å². The number of rotatable bonds is 5. The predicted octanol–water partition coefficient (Wildman–Crippen LogP) is 2.96. The molecule has 3 amide bonds. The fourth-order valence-electron chi connectivity index (χ4n) is 6.32. The summed E-state index contributed by atoms with van der Waals surface area (Å²) in [5, 5.41) is 2.33. The second-order valence-corrected chi connectivity index (χ2v) is 10.7. The molecule has 5 heterocycles. The van der Waals surface area contributed by atoms with Gasteiger partial charge in [-0.2, -0.15) is 0 Å². The summed E-state index contributed by atoms with van der Waals surface area (Å²) in [4.78, 5) is 48.0. The summed E-state index contributed by atoms with van der Waals surface area (Å²) < 4.78 is 14.6. The number of pyridine rings is 1. The summed E-state index contributed by atoms with van der Waals surface area (Å²) in [5.41, 5.74) is 3.26. The van der Waals surface area contributed by atoms with Crippen LogP contribution >= 0.6 is 0 Å². The molecule has 1 N–H and O–H groups in total. The maximum Gasteiger partial charge on any atom is 0.255 e. The lowest BCUT2D eigenvalue weighted by atomic mass is 9.85. The molecule has 1 unspecified atom stereocenters. The number of fused-ring (bicyclic) bond motifs is 1. The van der Waals surface area contributed by atoms with Crippen LogP contribution < -0.4 is 10.2 Å². The molecule has 1 atom stereocenters. The number of benzene rings is 1. The average molecular weight is 506 g/mol. The lowest BCUT2D eigenvalue weighted by molar-refractivity contribution is -0.136. The van der Waals surface area contributed by atoms with E-state index in [1.807, 2.05) is 6.20 Å². The van der Waals surface area contributed by atoms with Crippen molar-refractivity contribution in [3.8, 4) is 0 Å². The van der Waals surface area contributed by atoms with E-state index in [4.69, 9.17) is 0 Å². The number of carbonyl (C=O) groups excluding carboxylic acids is 3. The van der Waals surface area contributed by atoms with Crippen molar-refractivity contribution in [2.75, 3.05) is 31.1 Å². The Kier molecular flexibility index (Phi) is 6.40. The fraction of sp³-hybridized carbons (Fsp3) is 0.500. The van der Waals surface area contributed by atoms with E-state index < -0.39 is 17.8 Å². The molecule has 0 bridgehead atoms. The molecule has 3 saturated heterocycles. The van der Waals surface area contributed by atoms with Crippen LogP contribution in [0.25, 0.3) is 0 Å². The maximum atomic E-state index is 14.6. The molecule has 0 spiro atoms. The minimum Gasteiger partial charge on any atom is -0.357 e. The number of halogens is 1. The van der Waals surface area contributed by atoms with Crippen molar-refractivity contribution >= 4 is 23.5 Å². The van der Waals surface area contributed by atoms with E-state index in [1.54, 1.807) is 6.07 Å². The minimum atomic E-state index is -0.694. The number of carbonyl (C=O) groups is 3. The van der Waals surface area contributed by atoms with Gasteiger partial charge in [0.15, 0.2) is 0 Å². The van der Waals surface area contributed by atoms with Crippen molar-refractivity contribution < 1.29 is 18.8 Å². The Balaban J connectivity index is 1.11. The van der Waals surface area contributed by atoms with Gasteiger partial charge in [0.25, 0.3) is 5.91 Å². The lowest BCUT2D eigenvalue weighted by Crippen LogP contribution is -2.52. The lowest BCUT2D eigenvalue weighted by Gasteiger charge is -2.33. The number of amides is 3. The highest BCUT2D eigenvalue weighted by Gasteiger charge is 2.41.